The minimum absolute atomic E-state index is 0.0855. The van der Waals surface area contributed by atoms with Crippen LogP contribution in [0.4, 0.5) is 5.69 Å². The molecule has 0 saturated heterocycles. The van der Waals surface area contributed by atoms with Gasteiger partial charge >= 0.3 is 0 Å². The highest BCUT2D eigenvalue weighted by molar-refractivity contribution is 7.92. The molecule has 0 aliphatic heterocycles. The molecule has 1 heterocycles. The van der Waals surface area contributed by atoms with Gasteiger partial charge in [0, 0.05) is 25.9 Å². The summed E-state index contributed by atoms with van der Waals surface area (Å²) >= 11 is 0. The number of benzene rings is 1. The maximum Gasteiger partial charge on any atom is 0.232 e. The summed E-state index contributed by atoms with van der Waals surface area (Å²) in [6.45, 7) is 0.804. The van der Waals surface area contributed by atoms with Gasteiger partial charge in [-0.1, -0.05) is 0 Å². The summed E-state index contributed by atoms with van der Waals surface area (Å²) in [7, 11) is -1.88. The van der Waals surface area contributed by atoms with E-state index in [1.54, 1.807) is 37.6 Å². The highest BCUT2D eigenvalue weighted by Crippen LogP contribution is 2.21. The van der Waals surface area contributed by atoms with Crippen molar-refractivity contribution in [2.45, 2.75) is 25.7 Å². The summed E-state index contributed by atoms with van der Waals surface area (Å²) in [5.41, 5.74) is 0.553. The molecule has 148 valence electrons. The van der Waals surface area contributed by atoms with Crippen LogP contribution in [0.2, 0.25) is 0 Å². The molecule has 27 heavy (non-hydrogen) atoms. The van der Waals surface area contributed by atoms with E-state index in [0.29, 0.717) is 24.4 Å². The first-order valence-electron chi connectivity index (χ1n) is 8.81. The maximum atomic E-state index is 12.1. The summed E-state index contributed by atoms with van der Waals surface area (Å²) in [5, 5.41) is 2.85. The Morgan fingerprint density at radius 3 is 2.52 bits per heavy atom. The zero-order valence-corrected chi connectivity index (χ0v) is 16.5. The molecule has 0 saturated carbocycles. The van der Waals surface area contributed by atoms with E-state index in [0.717, 1.165) is 24.9 Å². The average molecular weight is 394 g/mol. The molecule has 0 unspecified atom stereocenters. The van der Waals surface area contributed by atoms with Crippen LogP contribution in [0.3, 0.4) is 0 Å². The van der Waals surface area contributed by atoms with Crippen molar-refractivity contribution in [1.29, 1.82) is 0 Å². The third-order valence-electron chi connectivity index (χ3n) is 4.03. The number of hydrogen-bond donors (Lipinski definition) is 1. The number of amides is 1. The SMILES string of the molecule is COc1ccc(N(CCCC(=O)NCCCc2ccco2)S(C)(=O)=O)cc1. The van der Waals surface area contributed by atoms with Crippen molar-refractivity contribution in [2.75, 3.05) is 30.8 Å². The number of rotatable bonds is 11. The molecular formula is C19H26N2O5S. The molecule has 0 bridgehead atoms. The lowest BCUT2D eigenvalue weighted by Gasteiger charge is -2.22. The first-order chi connectivity index (χ1) is 12.9. The number of carbonyl (C=O) groups excluding carboxylic acids is 1. The van der Waals surface area contributed by atoms with Gasteiger partial charge in [0.05, 0.1) is 25.3 Å². The van der Waals surface area contributed by atoms with Crippen molar-refractivity contribution in [3.8, 4) is 5.75 Å². The van der Waals surface area contributed by atoms with E-state index in [1.165, 1.54) is 4.31 Å². The predicted molar refractivity (Wildman–Crippen MR) is 104 cm³/mol. The third-order valence-corrected chi connectivity index (χ3v) is 5.22. The van der Waals surface area contributed by atoms with Crippen LogP contribution in [0.15, 0.2) is 47.1 Å². The molecule has 0 radical (unpaired) electrons. The van der Waals surface area contributed by atoms with Crippen LogP contribution in [-0.2, 0) is 21.2 Å². The number of furan rings is 1. The number of ether oxygens (including phenoxy) is 1. The Bertz CT molecular complexity index is 801. The lowest BCUT2D eigenvalue weighted by molar-refractivity contribution is -0.121. The number of hydrogen-bond acceptors (Lipinski definition) is 5. The molecule has 1 amide bonds. The molecule has 1 N–H and O–H groups in total. The smallest absolute Gasteiger partial charge is 0.232 e. The van der Waals surface area contributed by atoms with E-state index in [-0.39, 0.29) is 18.9 Å². The molecule has 8 heteroatoms. The van der Waals surface area contributed by atoms with Crippen LogP contribution >= 0.6 is 0 Å². The second-order valence-electron chi connectivity index (χ2n) is 6.17. The molecule has 2 aromatic rings. The Balaban J connectivity index is 1.76. The maximum absolute atomic E-state index is 12.1. The molecule has 0 spiro atoms. The standard InChI is InChI=1S/C19H26N2O5S/c1-25-17-11-9-16(10-12-17)21(27(2,23)24)14-4-8-19(22)20-13-3-6-18-7-5-15-26-18/h5,7,9-12,15H,3-4,6,8,13-14H2,1-2H3,(H,20,22). The fourth-order valence-electron chi connectivity index (χ4n) is 2.65. The van der Waals surface area contributed by atoms with Crippen LogP contribution in [0.5, 0.6) is 5.75 Å². The molecule has 0 aliphatic carbocycles. The van der Waals surface area contributed by atoms with E-state index in [9.17, 15) is 13.2 Å². The fraction of sp³-hybridized carbons (Fsp3) is 0.421. The molecule has 7 nitrogen and oxygen atoms in total. The number of sulfonamides is 1. The van der Waals surface area contributed by atoms with Gasteiger partial charge in [-0.05, 0) is 49.2 Å². The summed E-state index contributed by atoms with van der Waals surface area (Å²) < 4.78 is 35.8. The quantitative estimate of drug-likeness (QED) is 0.592. The molecule has 1 aromatic carbocycles. The topological polar surface area (TPSA) is 88.8 Å². The summed E-state index contributed by atoms with van der Waals surface area (Å²) in [6, 6.07) is 10.5. The Morgan fingerprint density at radius 1 is 1.19 bits per heavy atom. The lowest BCUT2D eigenvalue weighted by Crippen LogP contribution is -2.32. The monoisotopic (exact) mass is 394 g/mol. The van der Waals surface area contributed by atoms with Gasteiger partial charge in [0.1, 0.15) is 11.5 Å². The lowest BCUT2D eigenvalue weighted by atomic mass is 10.2. The first-order valence-corrected chi connectivity index (χ1v) is 10.7. The zero-order chi connectivity index (χ0) is 19.7. The summed E-state index contributed by atoms with van der Waals surface area (Å²) in [5.74, 6) is 1.46. The molecule has 1 aromatic heterocycles. The van der Waals surface area contributed by atoms with Crippen molar-refractivity contribution < 1.29 is 22.4 Å². The Kier molecular flexibility index (Phi) is 7.72. The van der Waals surface area contributed by atoms with E-state index in [1.807, 2.05) is 12.1 Å². The second-order valence-corrected chi connectivity index (χ2v) is 8.08. The number of aryl methyl sites for hydroxylation is 1. The van der Waals surface area contributed by atoms with E-state index in [4.69, 9.17) is 9.15 Å². The van der Waals surface area contributed by atoms with Crippen molar-refractivity contribution >= 4 is 21.6 Å². The Hall–Kier alpha value is -2.48. The molecule has 0 fully saturated rings. The van der Waals surface area contributed by atoms with E-state index in [2.05, 4.69) is 5.32 Å². The fourth-order valence-corrected chi connectivity index (χ4v) is 3.62. The van der Waals surface area contributed by atoms with Crippen LogP contribution in [-0.4, -0.2) is 40.8 Å². The average Bonchev–Trinajstić information content (AvgIpc) is 3.15. The molecule has 0 atom stereocenters. The molecule has 0 aliphatic rings. The van der Waals surface area contributed by atoms with Gasteiger partial charge in [0.15, 0.2) is 0 Å². The van der Waals surface area contributed by atoms with Crippen LogP contribution < -0.4 is 14.4 Å². The van der Waals surface area contributed by atoms with E-state index >= 15 is 0 Å². The van der Waals surface area contributed by atoms with Gasteiger partial charge in [-0.15, -0.1) is 0 Å². The minimum atomic E-state index is -3.43. The van der Waals surface area contributed by atoms with Gasteiger partial charge < -0.3 is 14.5 Å². The second kappa shape index (κ2) is 10.0. The van der Waals surface area contributed by atoms with Crippen molar-refractivity contribution in [2.24, 2.45) is 0 Å². The number of nitrogens with one attached hydrogen (secondary N) is 1. The number of methoxy groups -OCH3 is 1. The van der Waals surface area contributed by atoms with Crippen molar-refractivity contribution in [3.63, 3.8) is 0 Å². The third kappa shape index (κ3) is 6.97. The largest absolute Gasteiger partial charge is 0.497 e. The van der Waals surface area contributed by atoms with E-state index < -0.39 is 10.0 Å². The van der Waals surface area contributed by atoms with Crippen molar-refractivity contribution in [3.05, 3.63) is 48.4 Å². The van der Waals surface area contributed by atoms with Gasteiger partial charge in [0.2, 0.25) is 15.9 Å². The zero-order valence-electron chi connectivity index (χ0n) is 15.7. The van der Waals surface area contributed by atoms with Crippen LogP contribution in [0, 0.1) is 0 Å². The van der Waals surface area contributed by atoms with Gasteiger partial charge in [0.25, 0.3) is 0 Å². The Labute approximate surface area is 160 Å². The normalized spacial score (nSPS) is 11.2. The molecular weight excluding hydrogens is 368 g/mol. The molecule has 2 rings (SSSR count). The number of carbonyl (C=O) groups is 1. The number of nitrogens with zero attached hydrogens (tertiary/aromatic N) is 1. The Morgan fingerprint density at radius 2 is 1.93 bits per heavy atom. The van der Waals surface area contributed by atoms with Gasteiger partial charge in [-0.2, -0.15) is 0 Å². The van der Waals surface area contributed by atoms with Gasteiger partial charge in [-0.3, -0.25) is 9.10 Å². The minimum Gasteiger partial charge on any atom is -0.497 e. The highest BCUT2D eigenvalue weighted by Gasteiger charge is 2.17. The van der Waals surface area contributed by atoms with Crippen LogP contribution in [0.25, 0.3) is 0 Å². The highest BCUT2D eigenvalue weighted by atomic mass is 32.2. The van der Waals surface area contributed by atoms with Gasteiger partial charge in [-0.25, -0.2) is 8.42 Å². The summed E-state index contributed by atoms with van der Waals surface area (Å²) in [6.07, 6.45) is 5.05. The first kappa shape index (κ1) is 20.8. The predicted octanol–water partition coefficient (Wildman–Crippen LogP) is 2.58. The van der Waals surface area contributed by atoms with Crippen LogP contribution in [0.1, 0.15) is 25.0 Å². The number of anilines is 1. The van der Waals surface area contributed by atoms with Crippen molar-refractivity contribution in [1.82, 2.24) is 5.32 Å². The summed E-state index contributed by atoms with van der Waals surface area (Å²) in [4.78, 5) is 11.9.